The van der Waals surface area contributed by atoms with Gasteiger partial charge in [-0.3, -0.25) is 4.90 Å². The molecule has 0 bridgehead atoms. The summed E-state index contributed by atoms with van der Waals surface area (Å²) in [4.78, 5) is 2.18. The van der Waals surface area contributed by atoms with Crippen LogP contribution in [0.1, 0.15) is 17.3 Å². The number of fused-ring (bicyclic) bond motifs is 2. The quantitative estimate of drug-likeness (QED) is 0.936. The number of hydrogen-bond donors (Lipinski definition) is 1. The zero-order chi connectivity index (χ0) is 16.7. The van der Waals surface area contributed by atoms with Crippen molar-refractivity contribution >= 4 is 5.69 Å². The molecule has 0 aromatic heterocycles. The van der Waals surface area contributed by atoms with Crippen molar-refractivity contribution in [3.05, 3.63) is 47.3 Å². The average Bonchev–Trinajstić information content (AvgIpc) is 3.04. The third-order valence-electron chi connectivity index (χ3n) is 4.52. The van der Waals surface area contributed by atoms with E-state index in [4.69, 9.17) is 14.2 Å². The Morgan fingerprint density at radius 3 is 2.96 bits per heavy atom. The van der Waals surface area contributed by atoms with Crippen LogP contribution in [-0.2, 0) is 6.42 Å². The van der Waals surface area contributed by atoms with E-state index >= 15 is 0 Å². The van der Waals surface area contributed by atoms with Crippen molar-refractivity contribution in [3.63, 3.8) is 0 Å². The molecule has 0 fully saturated rings. The van der Waals surface area contributed by atoms with Gasteiger partial charge in [-0.2, -0.15) is 0 Å². The minimum absolute atomic E-state index is 0.139. The lowest BCUT2D eigenvalue weighted by molar-refractivity contribution is 0.170. The summed E-state index contributed by atoms with van der Waals surface area (Å²) >= 11 is 0. The van der Waals surface area contributed by atoms with Crippen molar-refractivity contribution in [3.8, 4) is 17.2 Å². The summed E-state index contributed by atoms with van der Waals surface area (Å²) < 4.78 is 30.3. The number of halogens is 1. The summed E-state index contributed by atoms with van der Waals surface area (Å²) in [5.41, 5.74) is 2.89. The maximum atomic E-state index is 13.5. The molecule has 2 aliphatic heterocycles. The van der Waals surface area contributed by atoms with E-state index in [1.165, 1.54) is 12.1 Å². The molecule has 5 nitrogen and oxygen atoms in total. The monoisotopic (exact) mass is 330 g/mol. The molecule has 2 heterocycles. The molecule has 0 saturated heterocycles. The van der Waals surface area contributed by atoms with Crippen molar-refractivity contribution < 1.29 is 18.6 Å². The normalized spacial score (nSPS) is 19.0. The Labute approximate surface area is 139 Å². The summed E-state index contributed by atoms with van der Waals surface area (Å²) in [5.74, 6) is 1.77. The molecule has 2 aromatic rings. The fraction of sp³-hybridized carbons (Fsp3) is 0.333. The molecule has 0 aliphatic carbocycles. The average molecular weight is 330 g/mol. The highest BCUT2D eigenvalue weighted by Crippen LogP contribution is 2.49. The fourth-order valence-corrected chi connectivity index (χ4v) is 3.35. The van der Waals surface area contributed by atoms with E-state index in [-0.39, 0.29) is 18.8 Å². The Balaban J connectivity index is 1.79. The molecule has 1 N–H and O–H groups in total. The number of rotatable bonds is 3. The van der Waals surface area contributed by atoms with Crippen LogP contribution in [0.15, 0.2) is 30.3 Å². The first kappa shape index (κ1) is 15.1. The van der Waals surface area contributed by atoms with Crippen molar-refractivity contribution in [1.29, 1.82) is 0 Å². The topological polar surface area (TPSA) is 43.0 Å². The van der Waals surface area contributed by atoms with Gasteiger partial charge in [0, 0.05) is 17.8 Å². The number of nitrogens with one attached hydrogen (secondary N) is 1. The SMILES string of the molecule is COc1c2c(cc3c1[C@@H](Nc1cccc(F)c1)N(C)CC3)OCO2. The van der Waals surface area contributed by atoms with Crippen LogP contribution in [0.2, 0.25) is 0 Å². The van der Waals surface area contributed by atoms with Crippen molar-refractivity contribution in [1.82, 2.24) is 4.90 Å². The molecule has 0 unspecified atom stereocenters. The van der Waals surface area contributed by atoms with Gasteiger partial charge < -0.3 is 19.5 Å². The van der Waals surface area contributed by atoms with Crippen LogP contribution in [0.3, 0.4) is 0 Å². The lowest BCUT2D eigenvalue weighted by Crippen LogP contribution is -2.37. The predicted octanol–water partition coefficient (Wildman–Crippen LogP) is 3.16. The molecule has 0 radical (unpaired) electrons. The third kappa shape index (κ3) is 2.43. The highest BCUT2D eigenvalue weighted by molar-refractivity contribution is 5.63. The minimum Gasteiger partial charge on any atom is -0.492 e. The summed E-state index contributed by atoms with van der Waals surface area (Å²) in [6, 6.07) is 8.49. The molecule has 1 atom stereocenters. The Morgan fingerprint density at radius 1 is 1.29 bits per heavy atom. The Hall–Kier alpha value is -2.47. The first-order chi connectivity index (χ1) is 11.7. The number of methoxy groups -OCH3 is 1. The molecule has 126 valence electrons. The Morgan fingerprint density at radius 2 is 2.17 bits per heavy atom. The van der Waals surface area contributed by atoms with Crippen molar-refractivity contribution in [2.24, 2.45) is 0 Å². The van der Waals surface area contributed by atoms with Gasteiger partial charge in [-0.1, -0.05) is 6.07 Å². The van der Waals surface area contributed by atoms with Gasteiger partial charge in [0.25, 0.3) is 0 Å². The summed E-state index contributed by atoms with van der Waals surface area (Å²) in [6.45, 7) is 1.08. The molecule has 0 saturated carbocycles. The number of anilines is 1. The van der Waals surface area contributed by atoms with E-state index in [9.17, 15) is 4.39 Å². The first-order valence-electron chi connectivity index (χ1n) is 7.89. The van der Waals surface area contributed by atoms with Crippen LogP contribution < -0.4 is 19.5 Å². The van der Waals surface area contributed by atoms with E-state index < -0.39 is 0 Å². The van der Waals surface area contributed by atoms with Crippen molar-refractivity contribution in [2.75, 3.05) is 32.8 Å². The predicted molar refractivity (Wildman–Crippen MR) is 88.2 cm³/mol. The number of likely N-dealkylation sites (N-methyl/N-ethyl adjacent to an activating group) is 1. The maximum Gasteiger partial charge on any atom is 0.231 e. The highest BCUT2D eigenvalue weighted by atomic mass is 19.1. The maximum absolute atomic E-state index is 13.5. The standard InChI is InChI=1S/C18H19FN2O3/c1-21-7-6-11-8-14-16(24-10-23-14)17(22-2)15(11)18(21)20-13-5-3-4-12(19)9-13/h3-5,8-9,18,20H,6-7,10H2,1-2H3/t18-/m0/s1. The molecule has 2 aliphatic rings. The van der Waals surface area contributed by atoms with Gasteiger partial charge >= 0.3 is 0 Å². The second kappa shape index (κ2) is 5.87. The number of nitrogens with zero attached hydrogens (tertiary/aromatic N) is 1. The van der Waals surface area contributed by atoms with Crippen LogP contribution in [0, 0.1) is 5.82 Å². The lowest BCUT2D eigenvalue weighted by atomic mass is 9.94. The van der Waals surface area contributed by atoms with Gasteiger partial charge in [0.2, 0.25) is 12.5 Å². The van der Waals surface area contributed by atoms with E-state index in [2.05, 4.69) is 10.2 Å². The molecule has 4 rings (SSSR count). The molecular formula is C18H19FN2O3. The second-order valence-corrected chi connectivity index (χ2v) is 6.00. The summed E-state index contributed by atoms with van der Waals surface area (Å²) in [5, 5.41) is 3.40. The summed E-state index contributed by atoms with van der Waals surface area (Å²) in [6.07, 6.45) is 0.750. The van der Waals surface area contributed by atoms with Crippen LogP contribution in [-0.4, -0.2) is 32.4 Å². The molecule has 24 heavy (non-hydrogen) atoms. The third-order valence-corrected chi connectivity index (χ3v) is 4.52. The molecule has 0 spiro atoms. The minimum atomic E-state index is -0.267. The number of ether oxygens (including phenoxy) is 3. The van der Waals surface area contributed by atoms with Crippen LogP contribution >= 0.6 is 0 Å². The van der Waals surface area contributed by atoms with Crippen LogP contribution in [0.25, 0.3) is 0 Å². The smallest absolute Gasteiger partial charge is 0.231 e. The van der Waals surface area contributed by atoms with E-state index in [0.717, 1.165) is 35.5 Å². The second-order valence-electron chi connectivity index (χ2n) is 6.00. The zero-order valence-corrected chi connectivity index (χ0v) is 13.6. The zero-order valence-electron chi connectivity index (χ0n) is 13.6. The Bertz CT molecular complexity index is 781. The molecular weight excluding hydrogens is 311 g/mol. The van der Waals surface area contributed by atoms with Gasteiger partial charge in [0.05, 0.1) is 7.11 Å². The van der Waals surface area contributed by atoms with Gasteiger partial charge in [-0.05, 0) is 43.3 Å². The molecule has 6 heteroatoms. The van der Waals surface area contributed by atoms with E-state index in [1.54, 1.807) is 13.2 Å². The first-order valence-corrected chi connectivity index (χ1v) is 7.89. The van der Waals surface area contributed by atoms with Gasteiger partial charge in [0.15, 0.2) is 11.5 Å². The molecule has 0 amide bonds. The van der Waals surface area contributed by atoms with E-state index in [0.29, 0.717) is 11.5 Å². The Kier molecular flexibility index (Phi) is 3.69. The lowest BCUT2D eigenvalue weighted by Gasteiger charge is -2.36. The molecule has 2 aromatic carbocycles. The van der Waals surface area contributed by atoms with Crippen LogP contribution in [0.5, 0.6) is 17.2 Å². The van der Waals surface area contributed by atoms with Crippen molar-refractivity contribution in [2.45, 2.75) is 12.6 Å². The van der Waals surface area contributed by atoms with Gasteiger partial charge in [-0.25, -0.2) is 4.39 Å². The van der Waals surface area contributed by atoms with Gasteiger partial charge in [0.1, 0.15) is 12.0 Å². The summed E-state index contributed by atoms with van der Waals surface area (Å²) in [7, 11) is 3.66. The number of benzene rings is 2. The van der Waals surface area contributed by atoms with Gasteiger partial charge in [-0.15, -0.1) is 0 Å². The highest BCUT2D eigenvalue weighted by Gasteiger charge is 2.34. The van der Waals surface area contributed by atoms with Crippen LogP contribution in [0.4, 0.5) is 10.1 Å². The largest absolute Gasteiger partial charge is 0.492 e. The number of hydrogen-bond acceptors (Lipinski definition) is 5. The van der Waals surface area contributed by atoms with E-state index in [1.807, 2.05) is 19.2 Å². The fourth-order valence-electron chi connectivity index (χ4n) is 3.35.